The second-order valence-electron chi connectivity index (χ2n) is 5.33. The molecule has 0 aliphatic rings. The molecule has 0 aromatic carbocycles. The van der Waals surface area contributed by atoms with Gasteiger partial charge >= 0.3 is 0 Å². The van der Waals surface area contributed by atoms with Crippen LogP contribution in [0.25, 0.3) is 0 Å². The average Bonchev–Trinajstić information content (AvgIpc) is 2.09. The SMILES string of the molecule is CC(C)CN(C)CCCCCNC(C)C.[HH]. The van der Waals surface area contributed by atoms with Crippen molar-refractivity contribution in [3.05, 3.63) is 0 Å². The van der Waals surface area contributed by atoms with Crippen molar-refractivity contribution < 1.29 is 1.43 Å². The van der Waals surface area contributed by atoms with Crippen molar-refractivity contribution in [2.75, 3.05) is 26.7 Å². The Balaban J connectivity index is 0. The summed E-state index contributed by atoms with van der Waals surface area (Å²) in [6.07, 6.45) is 4.00. The number of hydrogen-bond donors (Lipinski definition) is 1. The molecule has 1 N–H and O–H groups in total. The quantitative estimate of drug-likeness (QED) is 0.596. The molecule has 0 spiro atoms. The van der Waals surface area contributed by atoms with Gasteiger partial charge < -0.3 is 10.2 Å². The van der Waals surface area contributed by atoms with Crippen LogP contribution < -0.4 is 5.32 Å². The Bertz CT molecular complexity index is 138. The largest absolute Gasteiger partial charge is 0.315 e. The minimum atomic E-state index is 0. The summed E-state index contributed by atoms with van der Waals surface area (Å²) in [7, 11) is 2.23. The molecule has 94 valence electrons. The van der Waals surface area contributed by atoms with Crippen molar-refractivity contribution >= 4 is 0 Å². The van der Waals surface area contributed by atoms with Crippen LogP contribution in [-0.4, -0.2) is 37.6 Å². The first-order valence-electron chi connectivity index (χ1n) is 6.44. The Morgan fingerprint density at radius 1 is 1.07 bits per heavy atom. The van der Waals surface area contributed by atoms with Crippen molar-refractivity contribution in [3.63, 3.8) is 0 Å². The molecule has 0 aliphatic carbocycles. The van der Waals surface area contributed by atoms with Crippen LogP contribution in [-0.2, 0) is 0 Å². The van der Waals surface area contributed by atoms with E-state index < -0.39 is 0 Å². The van der Waals surface area contributed by atoms with Gasteiger partial charge in [-0.3, -0.25) is 0 Å². The topological polar surface area (TPSA) is 15.3 Å². The molecule has 15 heavy (non-hydrogen) atoms. The van der Waals surface area contributed by atoms with Gasteiger partial charge in [0, 0.05) is 14.0 Å². The fraction of sp³-hybridized carbons (Fsp3) is 1.00. The third-order valence-corrected chi connectivity index (χ3v) is 2.45. The first kappa shape index (κ1) is 14.9. The zero-order valence-electron chi connectivity index (χ0n) is 11.3. The predicted molar refractivity (Wildman–Crippen MR) is 71.4 cm³/mol. The van der Waals surface area contributed by atoms with Gasteiger partial charge in [-0.2, -0.15) is 0 Å². The van der Waals surface area contributed by atoms with Crippen LogP contribution in [0.3, 0.4) is 0 Å². The minimum absolute atomic E-state index is 0. The average molecular weight is 216 g/mol. The maximum Gasteiger partial charge on any atom is 0.00103 e. The first-order chi connectivity index (χ1) is 7.02. The molecule has 0 radical (unpaired) electrons. The summed E-state index contributed by atoms with van der Waals surface area (Å²) in [4.78, 5) is 2.44. The molecule has 0 amide bonds. The third-order valence-electron chi connectivity index (χ3n) is 2.45. The van der Waals surface area contributed by atoms with E-state index in [1.165, 1.54) is 38.9 Å². The van der Waals surface area contributed by atoms with E-state index in [1.54, 1.807) is 0 Å². The van der Waals surface area contributed by atoms with E-state index in [9.17, 15) is 0 Å². The van der Waals surface area contributed by atoms with E-state index in [2.05, 4.69) is 45.0 Å². The molecule has 0 unspecified atom stereocenters. The van der Waals surface area contributed by atoms with E-state index >= 15 is 0 Å². The lowest BCUT2D eigenvalue weighted by Gasteiger charge is -2.18. The van der Waals surface area contributed by atoms with Crippen LogP contribution in [0.5, 0.6) is 0 Å². The van der Waals surface area contributed by atoms with Gasteiger partial charge in [0.2, 0.25) is 0 Å². The van der Waals surface area contributed by atoms with Crippen LogP contribution in [0.2, 0.25) is 0 Å². The van der Waals surface area contributed by atoms with Crippen molar-refractivity contribution in [2.24, 2.45) is 5.92 Å². The summed E-state index contributed by atoms with van der Waals surface area (Å²) < 4.78 is 0. The zero-order chi connectivity index (χ0) is 11.7. The molecule has 0 aliphatic heterocycles. The van der Waals surface area contributed by atoms with E-state index in [4.69, 9.17) is 0 Å². The Labute approximate surface area is 97.9 Å². The van der Waals surface area contributed by atoms with Crippen molar-refractivity contribution in [3.8, 4) is 0 Å². The molecule has 2 nitrogen and oxygen atoms in total. The number of nitrogens with zero attached hydrogens (tertiary/aromatic N) is 1. The highest BCUT2D eigenvalue weighted by Crippen LogP contribution is 2.00. The molecule has 0 rings (SSSR count). The van der Waals surface area contributed by atoms with Crippen molar-refractivity contribution in [1.29, 1.82) is 0 Å². The predicted octanol–water partition coefficient (Wildman–Crippen LogP) is 2.99. The lowest BCUT2D eigenvalue weighted by molar-refractivity contribution is 0.288. The molecule has 0 aromatic rings. The molecule has 0 fully saturated rings. The normalized spacial score (nSPS) is 12.0. The number of hydrogen-bond acceptors (Lipinski definition) is 2. The van der Waals surface area contributed by atoms with E-state index in [0.717, 1.165) is 5.92 Å². The van der Waals surface area contributed by atoms with Crippen LogP contribution in [0.4, 0.5) is 0 Å². The molecular formula is C13H32N2. The summed E-state index contributed by atoms with van der Waals surface area (Å²) in [6.45, 7) is 12.6. The van der Waals surface area contributed by atoms with Gasteiger partial charge in [-0.05, 0) is 38.9 Å². The summed E-state index contributed by atoms with van der Waals surface area (Å²) in [6, 6.07) is 0.633. The molecular weight excluding hydrogens is 184 g/mol. The second kappa shape index (κ2) is 9.17. The lowest BCUT2D eigenvalue weighted by Crippen LogP contribution is -2.25. The fourth-order valence-corrected chi connectivity index (χ4v) is 1.79. The standard InChI is InChI=1S/C13H30N2.H2/c1-12(2)11-15(5)10-8-6-7-9-14-13(3)4;/h12-14H,6-11H2,1-5H3;1H. The zero-order valence-corrected chi connectivity index (χ0v) is 11.3. The minimum Gasteiger partial charge on any atom is -0.315 e. The fourth-order valence-electron chi connectivity index (χ4n) is 1.79. The Kier molecular flexibility index (Phi) is 9.12. The summed E-state index contributed by atoms with van der Waals surface area (Å²) in [5.41, 5.74) is 0. The van der Waals surface area contributed by atoms with Gasteiger partial charge in [0.1, 0.15) is 0 Å². The van der Waals surface area contributed by atoms with Crippen LogP contribution in [0, 0.1) is 5.92 Å². The van der Waals surface area contributed by atoms with Crippen molar-refractivity contribution in [2.45, 2.75) is 53.0 Å². The number of unbranched alkanes of at least 4 members (excludes halogenated alkanes) is 2. The van der Waals surface area contributed by atoms with E-state index in [0.29, 0.717) is 6.04 Å². The van der Waals surface area contributed by atoms with Gasteiger partial charge in [0.25, 0.3) is 0 Å². The van der Waals surface area contributed by atoms with Crippen LogP contribution in [0.15, 0.2) is 0 Å². The summed E-state index contributed by atoms with van der Waals surface area (Å²) in [5, 5.41) is 3.45. The molecule has 0 aromatic heterocycles. The van der Waals surface area contributed by atoms with Gasteiger partial charge in [0.05, 0.1) is 0 Å². The van der Waals surface area contributed by atoms with Crippen molar-refractivity contribution in [1.82, 2.24) is 10.2 Å². The van der Waals surface area contributed by atoms with Gasteiger partial charge in [-0.1, -0.05) is 34.1 Å². The molecule has 0 atom stereocenters. The summed E-state index contributed by atoms with van der Waals surface area (Å²) in [5.74, 6) is 0.789. The number of nitrogens with one attached hydrogen (secondary N) is 1. The maximum absolute atomic E-state index is 3.45. The smallest absolute Gasteiger partial charge is 0.00103 e. The summed E-state index contributed by atoms with van der Waals surface area (Å²) >= 11 is 0. The van der Waals surface area contributed by atoms with Crippen LogP contribution >= 0.6 is 0 Å². The highest BCUT2D eigenvalue weighted by molar-refractivity contribution is 4.57. The van der Waals surface area contributed by atoms with Gasteiger partial charge in [-0.25, -0.2) is 0 Å². The second-order valence-corrected chi connectivity index (χ2v) is 5.33. The number of rotatable bonds is 9. The third kappa shape index (κ3) is 11.8. The van der Waals surface area contributed by atoms with E-state index in [-0.39, 0.29) is 1.43 Å². The Morgan fingerprint density at radius 2 is 1.73 bits per heavy atom. The lowest BCUT2D eigenvalue weighted by atomic mass is 10.2. The van der Waals surface area contributed by atoms with E-state index in [1.807, 2.05) is 0 Å². The molecule has 0 saturated carbocycles. The highest BCUT2D eigenvalue weighted by Gasteiger charge is 2.00. The Hall–Kier alpha value is -0.0800. The maximum atomic E-state index is 3.45. The molecule has 0 heterocycles. The Morgan fingerprint density at radius 3 is 2.27 bits per heavy atom. The molecule has 0 bridgehead atoms. The molecule has 2 heteroatoms. The monoisotopic (exact) mass is 216 g/mol. The molecule has 0 saturated heterocycles. The van der Waals surface area contributed by atoms with Gasteiger partial charge in [-0.15, -0.1) is 0 Å². The highest BCUT2D eigenvalue weighted by atomic mass is 15.1. The van der Waals surface area contributed by atoms with Crippen LogP contribution in [0.1, 0.15) is 48.4 Å². The first-order valence-corrected chi connectivity index (χ1v) is 6.44. The van der Waals surface area contributed by atoms with Gasteiger partial charge in [0.15, 0.2) is 0 Å².